The minimum atomic E-state index is 0.976. The third-order valence-electron chi connectivity index (χ3n) is 3.53. The topological polar surface area (TPSA) is 3.24 Å². The molecular weight excluding hydrogens is 146 g/mol. The highest BCUT2D eigenvalue weighted by Gasteiger charge is 2.25. The lowest BCUT2D eigenvalue weighted by atomic mass is 9.86. The van der Waals surface area contributed by atoms with E-state index in [4.69, 9.17) is 0 Å². The molecule has 0 amide bonds. The molecule has 0 radical (unpaired) electrons. The van der Waals surface area contributed by atoms with E-state index in [0.717, 1.165) is 5.92 Å². The maximum Gasteiger partial charge on any atom is 0.0209 e. The third-order valence-corrected chi connectivity index (χ3v) is 3.53. The Bertz CT molecular complexity index is 205. The van der Waals surface area contributed by atoms with Crippen LogP contribution in [0.5, 0.6) is 0 Å². The van der Waals surface area contributed by atoms with E-state index >= 15 is 0 Å². The minimum absolute atomic E-state index is 0.976. The molecular formula is C11H19N. The minimum Gasteiger partial charge on any atom is -0.378 e. The van der Waals surface area contributed by atoms with E-state index in [1.165, 1.54) is 38.6 Å². The van der Waals surface area contributed by atoms with Crippen molar-refractivity contribution in [3.63, 3.8) is 0 Å². The maximum absolute atomic E-state index is 2.47. The normalized spacial score (nSPS) is 29.5. The molecule has 12 heavy (non-hydrogen) atoms. The average molecular weight is 165 g/mol. The summed E-state index contributed by atoms with van der Waals surface area (Å²) < 4.78 is 0. The number of allylic oxidation sites excluding steroid dienone is 1. The van der Waals surface area contributed by atoms with Gasteiger partial charge in [0.1, 0.15) is 0 Å². The van der Waals surface area contributed by atoms with Gasteiger partial charge in [-0.15, -0.1) is 0 Å². The smallest absolute Gasteiger partial charge is 0.0209 e. The second-order valence-corrected chi connectivity index (χ2v) is 4.24. The summed E-state index contributed by atoms with van der Waals surface area (Å²) in [6, 6.07) is 0. The number of hydrogen-bond acceptors (Lipinski definition) is 1. The molecule has 1 aliphatic heterocycles. The Labute approximate surface area is 75.4 Å². The molecule has 1 aliphatic carbocycles. The highest BCUT2D eigenvalue weighted by atomic mass is 15.1. The Kier molecular flexibility index (Phi) is 2.12. The van der Waals surface area contributed by atoms with Crippen LogP contribution in [0.2, 0.25) is 0 Å². The molecule has 68 valence electrons. The van der Waals surface area contributed by atoms with Crippen molar-refractivity contribution in [3.05, 3.63) is 11.3 Å². The lowest BCUT2D eigenvalue weighted by molar-refractivity contribution is 0.372. The van der Waals surface area contributed by atoms with E-state index in [0.29, 0.717) is 0 Å². The van der Waals surface area contributed by atoms with Gasteiger partial charge in [0.25, 0.3) is 0 Å². The molecule has 1 atom stereocenters. The van der Waals surface area contributed by atoms with E-state index in [-0.39, 0.29) is 0 Å². The predicted octanol–water partition coefficient (Wildman–Crippen LogP) is 2.79. The SMILES string of the molecule is CCC1CCC2=C(C1)N(C)CC2. The summed E-state index contributed by atoms with van der Waals surface area (Å²) in [5, 5.41) is 0. The molecule has 2 aliphatic rings. The molecule has 0 aromatic heterocycles. The molecule has 0 saturated carbocycles. The van der Waals surface area contributed by atoms with Crippen LogP contribution in [0.3, 0.4) is 0 Å². The van der Waals surface area contributed by atoms with Crippen molar-refractivity contribution in [2.75, 3.05) is 13.6 Å². The van der Waals surface area contributed by atoms with Crippen LogP contribution in [0.15, 0.2) is 11.3 Å². The van der Waals surface area contributed by atoms with Crippen molar-refractivity contribution >= 4 is 0 Å². The Hall–Kier alpha value is -0.460. The summed E-state index contributed by atoms with van der Waals surface area (Å²) in [5.74, 6) is 0.976. The molecule has 0 aromatic carbocycles. The first-order chi connectivity index (χ1) is 5.81. The standard InChI is InChI=1S/C11H19N/c1-3-9-4-5-10-6-7-12(2)11(10)8-9/h9H,3-8H2,1-2H3. The summed E-state index contributed by atoms with van der Waals surface area (Å²) >= 11 is 0. The molecule has 0 aromatic rings. The predicted molar refractivity (Wildman–Crippen MR) is 51.9 cm³/mol. The first kappa shape index (κ1) is 8.15. The van der Waals surface area contributed by atoms with Crippen molar-refractivity contribution < 1.29 is 0 Å². The second-order valence-electron chi connectivity index (χ2n) is 4.24. The van der Waals surface area contributed by atoms with Gasteiger partial charge < -0.3 is 4.90 Å². The van der Waals surface area contributed by atoms with Gasteiger partial charge in [0.05, 0.1) is 0 Å². The van der Waals surface area contributed by atoms with Crippen molar-refractivity contribution in [1.82, 2.24) is 4.90 Å². The second kappa shape index (κ2) is 3.12. The van der Waals surface area contributed by atoms with Gasteiger partial charge in [-0.2, -0.15) is 0 Å². The van der Waals surface area contributed by atoms with Crippen molar-refractivity contribution in [3.8, 4) is 0 Å². The van der Waals surface area contributed by atoms with E-state index < -0.39 is 0 Å². The van der Waals surface area contributed by atoms with Gasteiger partial charge in [0.2, 0.25) is 0 Å². The Balaban J connectivity index is 2.10. The fourth-order valence-electron chi connectivity index (χ4n) is 2.52. The Morgan fingerprint density at radius 1 is 1.42 bits per heavy atom. The molecule has 0 spiro atoms. The van der Waals surface area contributed by atoms with Crippen LogP contribution in [0.1, 0.15) is 39.0 Å². The van der Waals surface area contributed by atoms with Crippen LogP contribution >= 0.6 is 0 Å². The fourth-order valence-corrected chi connectivity index (χ4v) is 2.52. The van der Waals surface area contributed by atoms with Crippen LogP contribution in [-0.2, 0) is 0 Å². The molecule has 0 saturated heterocycles. The summed E-state index contributed by atoms with van der Waals surface area (Å²) in [5.41, 5.74) is 3.45. The van der Waals surface area contributed by atoms with Crippen LogP contribution in [0, 0.1) is 5.92 Å². The van der Waals surface area contributed by atoms with Gasteiger partial charge in [-0.3, -0.25) is 0 Å². The van der Waals surface area contributed by atoms with Crippen molar-refractivity contribution in [1.29, 1.82) is 0 Å². The molecule has 0 bridgehead atoms. The van der Waals surface area contributed by atoms with E-state index in [1.807, 2.05) is 0 Å². The van der Waals surface area contributed by atoms with E-state index in [9.17, 15) is 0 Å². The average Bonchev–Trinajstić information content (AvgIpc) is 2.47. The van der Waals surface area contributed by atoms with Crippen LogP contribution in [0.25, 0.3) is 0 Å². The largest absolute Gasteiger partial charge is 0.378 e. The molecule has 0 N–H and O–H groups in total. The maximum atomic E-state index is 2.47. The zero-order chi connectivity index (χ0) is 8.55. The highest BCUT2D eigenvalue weighted by molar-refractivity contribution is 5.21. The Morgan fingerprint density at radius 3 is 3.00 bits per heavy atom. The molecule has 2 rings (SSSR count). The van der Waals surface area contributed by atoms with Gasteiger partial charge in [0, 0.05) is 19.3 Å². The van der Waals surface area contributed by atoms with Gasteiger partial charge >= 0.3 is 0 Å². The van der Waals surface area contributed by atoms with E-state index in [1.54, 1.807) is 11.3 Å². The third kappa shape index (κ3) is 1.26. The molecule has 1 nitrogen and oxygen atoms in total. The zero-order valence-corrected chi connectivity index (χ0v) is 8.27. The fraction of sp³-hybridized carbons (Fsp3) is 0.818. The van der Waals surface area contributed by atoms with Gasteiger partial charge in [-0.25, -0.2) is 0 Å². The monoisotopic (exact) mass is 165 g/mol. The number of hydrogen-bond donors (Lipinski definition) is 0. The molecule has 1 unspecified atom stereocenters. The first-order valence-corrected chi connectivity index (χ1v) is 5.23. The zero-order valence-electron chi connectivity index (χ0n) is 8.27. The Morgan fingerprint density at radius 2 is 2.25 bits per heavy atom. The summed E-state index contributed by atoms with van der Waals surface area (Å²) in [7, 11) is 2.25. The van der Waals surface area contributed by atoms with Crippen LogP contribution in [0.4, 0.5) is 0 Å². The van der Waals surface area contributed by atoms with Crippen LogP contribution in [-0.4, -0.2) is 18.5 Å². The summed E-state index contributed by atoms with van der Waals surface area (Å²) in [4.78, 5) is 2.47. The summed E-state index contributed by atoms with van der Waals surface area (Å²) in [6.45, 7) is 3.60. The number of nitrogens with zero attached hydrogens (tertiary/aromatic N) is 1. The van der Waals surface area contributed by atoms with Crippen LogP contribution < -0.4 is 0 Å². The van der Waals surface area contributed by atoms with Gasteiger partial charge in [-0.1, -0.05) is 13.3 Å². The first-order valence-electron chi connectivity index (χ1n) is 5.23. The molecule has 1 heteroatoms. The molecule has 0 fully saturated rings. The quantitative estimate of drug-likeness (QED) is 0.577. The highest BCUT2D eigenvalue weighted by Crippen LogP contribution is 2.37. The summed E-state index contributed by atoms with van der Waals surface area (Å²) in [6.07, 6.45) is 6.91. The van der Waals surface area contributed by atoms with Gasteiger partial charge in [-0.05, 0) is 37.2 Å². The van der Waals surface area contributed by atoms with Gasteiger partial charge in [0.15, 0.2) is 0 Å². The van der Waals surface area contributed by atoms with E-state index in [2.05, 4.69) is 18.9 Å². The lowest BCUT2D eigenvalue weighted by Crippen LogP contribution is -2.17. The van der Waals surface area contributed by atoms with Crippen molar-refractivity contribution in [2.45, 2.75) is 39.0 Å². The van der Waals surface area contributed by atoms with Crippen molar-refractivity contribution in [2.24, 2.45) is 5.92 Å². The number of rotatable bonds is 1. The lowest BCUT2D eigenvalue weighted by Gasteiger charge is -2.26. The molecule has 1 heterocycles.